The molecule has 2 aromatic carbocycles. The van der Waals surface area contributed by atoms with Gasteiger partial charge in [-0.15, -0.1) is 11.3 Å². The zero-order valence-corrected chi connectivity index (χ0v) is 20.7. The number of carbonyl (C=O) groups excluding carboxylic acids is 3. The van der Waals surface area contributed by atoms with Crippen molar-refractivity contribution in [1.82, 2.24) is 15.1 Å². The van der Waals surface area contributed by atoms with E-state index < -0.39 is 6.04 Å². The number of thiophene rings is 1. The van der Waals surface area contributed by atoms with Crippen molar-refractivity contribution in [3.63, 3.8) is 0 Å². The van der Waals surface area contributed by atoms with E-state index in [2.05, 4.69) is 45.9 Å². The highest BCUT2D eigenvalue weighted by atomic mass is 32.1. The van der Waals surface area contributed by atoms with Crippen molar-refractivity contribution < 1.29 is 19.1 Å². The van der Waals surface area contributed by atoms with Crippen molar-refractivity contribution in [3.05, 3.63) is 64.0 Å². The first-order chi connectivity index (χ1) is 17.5. The average molecular weight is 502 g/mol. The zero-order valence-electron chi connectivity index (χ0n) is 19.9. The molecular formula is C28H27N3O4S. The van der Waals surface area contributed by atoms with Crippen LogP contribution in [0.25, 0.3) is 10.1 Å². The maximum absolute atomic E-state index is 13.2. The molecule has 3 amide bonds. The number of nitrogens with one attached hydrogen (secondary N) is 1. The molecule has 184 valence electrons. The summed E-state index contributed by atoms with van der Waals surface area (Å²) in [6, 6.07) is 12.3. The largest absolute Gasteiger partial charge is 0.492 e. The average Bonchev–Trinajstić information content (AvgIpc) is 3.57. The molecule has 1 aromatic heterocycles. The summed E-state index contributed by atoms with van der Waals surface area (Å²) in [6.07, 6.45) is 2.66. The Hall–Kier alpha value is -3.23. The fraction of sp³-hybridized carbons (Fsp3) is 0.393. The van der Waals surface area contributed by atoms with Gasteiger partial charge in [0.25, 0.3) is 5.91 Å². The van der Waals surface area contributed by atoms with E-state index in [4.69, 9.17) is 4.74 Å². The lowest BCUT2D eigenvalue weighted by atomic mass is 9.74. The number of imide groups is 1. The molecule has 36 heavy (non-hydrogen) atoms. The molecule has 2 fully saturated rings. The van der Waals surface area contributed by atoms with Crippen LogP contribution in [0.15, 0.2) is 41.8 Å². The molecule has 0 aliphatic carbocycles. The first kappa shape index (κ1) is 22.0. The van der Waals surface area contributed by atoms with Crippen LogP contribution in [0.3, 0.4) is 0 Å². The standard InChI is InChI=1S/C28H27N3O4S/c32-24-6-5-22(26(33)29-24)31-15-20-19(27(31)34)3-4-21-25(20)35-16-28(21)8-10-30(11-9-28)14-17-1-2-18-7-12-36-23(18)13-17/h1-4,7,12-13,22H,5-6,8-11,14-16H2,(H,29,32,33). The van der Waals surface area contributed by atoms with Gasteiger partial charge in [-0.1, -0.05) is 18.2 Å². The molecule has 7 nitrogen and oxygen atoms in total. The molecule has 3 aromatic rings. The number of rotatable bonds is 3. The Kier molecular flexibility index (Phi) is 4.98. The second-order valence-corrected chi connectivity index (χ2v) is 11.5. The number of ether oxygens (including phenoxy) is 1. The molecule has 1 atom stereocenters. The maximum Gasteiger partial charge on any atom is 0.255 e. The zero-order chi connectivity index (χ0) is 24.4. The van der Waals surface area contributed by atoms with E-state index in [1.165, 1.54) is 21.2 Å². The Bertz CT molecular complexity index is 1420. The number of hydrogen-bond donors (Lipinski definition) is 1. The normalized spacial score (nSPS) is 23.2. The third kappa shape index (κ3) is 3.38. The molecule has 4 aliphatic heterocycles. The summed E-state index contributed by atoms with van der Waals surface area (Å²) in [4.78, 5) is 41.3. The van der Waals surface area contributed by atoms with Crippen molar-refractivity contribution in [2.24, 2.45) is 0 Å². The first-order valence-corrected chi connectivity index (χ1v) is 13.5. The highest BCUT2D eigenvalue weighted by molar-refractivity contribution is 7.17. The lowest BCUT2D eigenvalue weighted by molar-refractivity contribution is -0.136. The number of amides is 3. The van der Waals surface area contributed by atoms with E-state index in [-0.39, 0.29) is 29.6 Å². The van der Waals surface area contributed by atoms with Gasteiger partial charge in [0, 0.05) is 39.8 Å². The van der Waals surface area contributed by atoms with Crippen molar-refractivity contribution in [2.45, 2.75) is 50.2 Å². The Morgan fingerprint density at radius 1 is 1.08 bits per heavy atom. The highest BCUT2D eigenvalue weighted by Crippen LogP contribution is 2.49. The summed E-state index contributed by atoms with van der Waals surface area (Å²) in [7, 11) is 0. The van der Waals surface area contributed by atoms with Crippen LogP contribution in [-0.2, 0) is 28.1 Å². The minimum absolute atomic E-state index is 0.0241. The van der Waals surface area contributed by atoms with Gasteiger partial charge in [-0.3, -0.25) is 24.6 Å². The number of piperidine rings is 2. The molecule has 7 rings (SSSR count). The van der Waals surface area contributed by atoms with Crippen LogP contribution < -0.4 is 10.1 Å². The molecule has 1 unspecified atom stereocenters. The van der Waals surface area contributed by atoms with Gasteiger partial charge < -0.3 is 9.64 Å². The maximum atomic E-state index is 13.2. The van der Waals surface area contributed by atoms with E-state index in [0.29, 0.717) is 25.1 Å². The Morgan fingerprint density at radius 3 is 2.78 bits per heavy atom. The van der Waals surface area contributed by atoms with Gasteiger partial charge in [0.15, 0.2) is 0 Å². The van der Waals surface area contributed by atoms with Gasteiger partial charge in [0.2, 0.25) is 11.8 Å². The van der Waals surface area contributed by atoms with Crippen LogP contribution in [0.5, 0.6) is 5.75 Å². The summed E-state index contributed by atoms with van der Waals surface area (Å²) < 4.78 is 7.65. The van der Waals surface area contributed by atoms with Crippen molar-refractivity contribution in [2.75, 3.05) is 19.7 Å². The van der Waals surface area contributed by atoms with E-state index in [1.54, 1.807) is 16.2 Å². The Balaban J connectivity index is 1.08. The van der Waals surface area contributed by atoms with Gasteiger partial charge in [-0.05, 0) is 66.9 Å². The summed E-state index contributed by atoms with van der Waals surface area (Å²) >= 11 is 1.79. The predicted molar refractivity (Wildman–Crippen MR) is 136 cm³/mol. The Labute approximate surface area is 213 Å². The van der Waals surface area contributed by atoms with Crippen LogP contribution in [0.2, 0.25) is 0 Å². The molecule has 4 aliphatic rings. The van der Waals surface area contributed by atoms with Gasteiger partial charge in [0.1, 0.15) is 11.8 Å². The predicted octanol–water partition coefficient (Wildman–Crippen LogP) is 3.59. The van der Waals surface area contributed by atoms with Crippen LogP contribution >= 0.6 is 11.3 Å². The molecule has 8 heteroatoms. The lowest BCUT2D eigenvalue weighted by Gasteiger charge is -2.38. The third-order valence-corrected chi connectivity index (χ3v) is 9.35. The molecular weight excluding hydrogens is 474 g/mol. The first-order valence-electron chi connectivity index (χ1n) is 12.6. The van der Waals surface area contributed by atoms with Crippen LogP contribution in [0.1, 0.15) is 52.7 Å². The summed E-state index contributed by atoms with van der Waals surface area (Å²) in [5.41, 5.74) is 4.05. The number of nitrogens with zero attached hydrogens (tertiary/aromatic N) is 2. The van der Waals surface area contributed by atoms with Gasteiger partial charge in [-0.25, -0.2) is 0 Å². The fourth-order valence-electron chi connectivity index (χ4n) is 6.39. The number of likely N-dealkylation sites (tertiary alicyclic amines) is 1. The molecule has 1 spiro atoms. The van der Waals surface area contributed by atoms with Crippen LogP contribution in [0.4, 0.5) is 0 Å². The lowest BCUT2D eigenvalue weighted by Crippen LogP contribution is -2.52. The van der Waals surface area contributed by atoms with Crippen molar-refractivity contribution in [1.29, 1.82) is 0 Å². The van der Waals surface area contributed by atoms with Gasteiger partial charge in [0.05, 0.1) is 13.2 Å². The molecule has 5 heterocycles. The monoisotopic (exact) mass is 501 g/mol. The van der Waals surface area contributed by atoms with E-state index in [0.717, 1.165) is 43.8 Å². The summed E-state index contributed by atoms with van der Waals surface area (Å²) in [6.45, 7) is 3.96. The molecule has 0 saturated carbocycles. The molecule has 0 radical (unpaired) electrons. The SMILES string of the molecule is O=C1CCC(N2Cc3c(ccc4c3OCC43CCN(Cc4ccc5ccsc5c4)CC3)C2=O)C(=O)N1. The third-order valence-electron chi connectivity index (χ3n) is 8.47. The van der Waals surface area contributed by atoms with E-state index in [1.807, 2.05) is 6.07 Å². The second kappa shape index (κ2) is 8.15. The van der Waals surface area contributed by atoms with Crippen LogP contribution in [-0.4, -0.2) is 53.3 Å². The minimum Gasteiger partial charge on any atom is -0.492 e. The second-order valence-electron chi connectivity index (χ2n) is 10.5. The van der Waals surface area contributed by atoms with Gasteiger partial charge >= 0.3 is 0 Å². The molecule has 2 saturated heterocycles. The number of hydrogen-bond acceptors (Lipinski definition) is 6. The number of carbonyl (C=O) groups is 3. The Morgan fingerprint density at radius 2 is 1.94 bits per heavy atom. The minimum atomic E-state index is -0.606. The molecule has 1 N–H and O–H groups in total. The van der Waals surface area contributed by atoms with Crippen molar-refractivity contribution >= 4 is 39.1 Å². The highest BCUT2D eigenvalue weighted by Gasteiger charge is 2.47. The van der Waals surface area contributed by atoms with Gasteiger partial charge in [-0.2, -0.15) is 0 Å². The topological polar surface area (TPSA) is 79.0 Å². The quantitative estimate of drug-likeness (QED) is 0.555. The summed E-state index contributed by atoms with van der Waals surface area (Å²) in [5, 5.41) is 5.83. The van der Waals surface area contributed by atoms with Crippen LogP contribution in [0, 0.1) is 0 Å². The fourth-order valence-corrected chi connectivity index (χ4v) is 7.25. The van der Waals surface area contributed by atoms with E-state index >= 15 is 0 Å². The van der Waals surface area contributed by atoms with E-state index in [9.17, 15) is 14.4 Å². The summed E-state index contributed by atoms with van der Waals surface area (Å²) in [5.74, 6) is 0.0358. The smallest absolute Gasteiger partial charge is 0.255 e. The number of fused-ring (bicyclic) bond motifs is 5. The van der Waals surface area contributed by atoms with Crippen molar-refractivity contribution in [3.8, 4) is 5.75 Å². The molecule has 0 bridgehead atoms. The number of benzene rings is 2.